The average molecular weight is 294 g/mol. The average Bonchev–Trinajstić information content (AvgIpc) is 2.63. The lowest BCUT2D eigenvalue weighted by atomic mass is 10.2. The zero-order valence-electron chi connectivity index (χ0n) is 11.4. The van der Waals surface area contributed by atoms with Crippen molar-refractivity contribution in [1.82, 2.24) is 5.32 Å². The monoisotopic (exact) mass is 294 g/mol. The van der Waals surface area contributed by atoms with Crippen LogP contribution in [0.5, 0.6) is 0 Å². The smallest absolute Gasteiger partial charge is 0.343 e. The summed E-state index contributed by atoms with van der Waals surface area (Å²) in [5, 5.41) is 13.2. The van der Waals surface area contributed by atoms with Crippen LogP contribution in [-0.4, -0.2) is 38.8 Å². The van der Waals surface area contributed by atoms with E-state index in [9.17, 15) is 4.79 Å². The second kappa shape index (κ2) is 6.59. The van der Waals surface area contributed by atoms with Crippen LogP contribution in [-0.2, 0) is 4.74 Å². The summed E-state index contributed by atoms with van der Waals surface area (Å²) in [7, 11) is 0. The Morgan fingerprint density at radius 1 is 1.55 bits per heavy atom. The summed E-state index contributed by atoms with van der Waals surface area (Å²) in [5.41, 5.74) is 6.52. The number of hydrogen-bond donors (Lipinski definition) is 2. The molecule has 1 aromatic heterocycles. The van der Waals surface area contributed by atoms with E-state index in [0.29, 0.717) is 10.4 Å². The Balaban J connectivity index is 2.40. The van der Waals surface area contributed by atoms with E-state index in [-0.39, 0.29) is 12.3 Å². The fraction of sp³-hybridized carbons (Fsp3) is 0.538. The normalized spacial score (nSPS) is 15.5. The number of nitrogens with zero attached hydrogens (tertiary/aromatic N) is 2. The van der Waals surface area contributed by atoms with Crippen LogP contribution in [0.15, 0.2) is 0 Å². The molecule has 1 aromatic rings. The van der Waals surface area contributed by atoms with Crippen LogP contribution >= 0.6 is 11.3 Å². The summed E-state index contributed by atoms with van der Waals surface area (Å²) in [6.07, 6.45) is 0.988. The molecule has 0 amide bonds. The highest BCUT2D eigenvalue weighted by Gasteiger charge is 2.27. The highest BCUT2D eigenvalue weighted by molar-refractivity contribution is 7.17. The summed E-state index contributed by atoms with van der Waals surface area (Å²) in [6, 6.07) is 2.05. The molecule has 0 radical (unpaired) electrons. The van der Waals surface area contributed by atoms with Gasteiger partial charge in [-0.05, 0) is 19.9 Å². The molecule has 7 heteroatoms. The minimum absolute atomic E-state index is 0.239. The van der Waals surface area contributed by atoms with E-state index in [2.05, 4.69) is 16.3 Å². The number of nitriles is 1. The van der Waals surface area contributed by atoms with E-state index in [1.54, 1.807) is 6.92 Å². The van der Waals surface area contributed by atoms with Crippen molar-refractivity contribution in [3.8, 4) is 6.07 Å². The lowest BCUT2D eigenvalue weighted by Crippen LogP contribution is -2.28. The zero-order chi connectivity index (χ0) is 14.5. The van der Waals surface area contributed by atoms with Crippen LogP contribution in [0.3, 0.4) is 0 Å². The summed E-state index contributed by atoms with van der Waals surface area (Å²) < 4.78 is 5.07. The number of nitrogens with one attached hydrogen (secondary N) is 1. The van der Waals surface area contributed by atoms with E-state index in [4.69, 9.17) is 15.7 Å². The van der Waals surface area contributed by atoms with Gasteiger partial charge in [-0.15, -0.1) is 11.3 Å². The Hall–Kier alpha value is -1.78. The number of anilines is 2. The number of esters is 1. The molecule has 1 aliphatic rings. The number of hydrogen-bond acceptors (Lipinski definition) is 7. The number of carbonyl (C=O) groups excluding carboxylic acids is 1. The number of rotatable bonds is 3. The van der Waals surface area contributed by atoms with Crippen molar-refractivity contribution < 1.29 is 9.53 Å². The lowest BCUT2D eigenvalue weighted by molar-refractivity contribution is 0.0529. The van der Waals surface area contributed by atoms with Gasteiger partial charge in [0, 0.05) is 19.6 Å². The largest absolute Gasteiger partial charge is 0.462 e. The SMILES string of the molecule is CCOC(=O)c1c(N2CCCNCC2)sc(C#N)c1N. The molecule has 0 bridgehead atoms. The van der Waals surface area contributed by atoms with Crippen molar-refractivity contribution in [2.45, 2.75) is 13.3 Å². The Kier molecular flexibility index (Phi) is 4.82. The van der Waals surface area contributed by atoms with Gasteiger partial charge in [-0.1, -0.05) is 0 Å². The third-order valence-corrected chi connectivity index (χ3v) is 4.31. The molecule has 108 valence electrons. The van der Waals surface area contributed by atoms with Gasteiger partial charge in [-0.25, -0.2) is 4.79 Å². The van der Waals surface area contributed by atoms with Gasteiger partial charge in [0.15, 0.2) is 0 Å². The zero-order valence-corrected chi connectivity index (χ0v) is 12.3. The summed E-state index contributed by atoms with van der Waals surface area (Å²) >= 11 is 1.27. The second-order valence-electron chi connectivity index (χ2n) is 4.45. The maximum Gasteiger partial charge on any atom is 0.343 e. The number of thiophene rings is 1. The first kappa shape index (κ1) is 14.6. The maximum atomic E-state index is 12.1. The standard InChI is InChI=1S/C13H18N4O2S/c1-2-19-13(18)10-11(15)9(8-14)20-12(10)17-6-3-4-16-5-7-17/h16H,2-7,15H2,1H3. The van der Waals surface area contributed by atoms with Crippen LogP contribution < -0.4 is 16.0 Å². The van der Waals surface area contributed by atoms with Crippen LogP contribution in [0.2, 0.25) is 0 Å². The molecule has 0 atom stereocenters. The molecule has 0 spiro atoms. The van der Waals surface area contributed by atoms with Gasteiger partial charge in [-0.3, -0.25) is 0 Å². The van der Waals surface area contributed by atoms with Crippen LogP contribution in [0.1, 0.15) is 28.6 Å². The highest BCUT2D eigenvalue weighted by Crippen LogP contribution is 2.38. The molecule has 1 fully saturated rings. The van der Waals surface area contributed by atoms with Gasteiger partial charge < -0.3 is 20.7 Å². The minimum Gasteiger partial charge on any atom is -0.462 e. The van der Waals surface area contributed by atoms with Gasteiger partial charge >= 0.3 is 5.97 Å². The van der Waals surface area contributed by atoms with Crippen molar-refractivity contribution >= 4 is 28.0 Å². The van der Waals surface area contributed by atoms with Crippen LogP contribution in [0, 0.1) is 11.3 Å². The van der Waals surface area contributed by atoms with Crippen LogP contribution in [0.4, 0.5) is 10.7 Å². The molecule has 0 saturated carbocycles. The van der Waals surface area contributed by atoms with Gasteiger partial charge in [0.05, 0.1) is 12.3 Å². The lowest BCUT2D eigenvalue weighted by Gasteiger charge is -2.21. The molecule has 20 heavy (non-hydrogen) atoms. The molecule has 0 aromatic carbocycles. The molecular formula is C13H18N4O2S. The van der Waals surface area contributed by atoms with E-state index >= 15 is 0 Å². The topological polar surface area (TPSA) is 91.4 Å². The van der Waals surface area contributed by atoms with Crippen LogP contribution in [0.25, 0.3) is 0 Å². The molecule has 6 nitrogen and oxygen atoms in total. The maximum absolute atomic E-state index is 12.1. The van der Waals surface area contributed by atoms with Crippen molar-refractivity contribution in [1.29, 1.82) is 5.26 Å². The van der Waals surface area contributed by atoms with Crippen molar-refractivity contribution in [3.05, 3.63) is 10.4 Å². The van der Waals surface area contributed by atoms with Gasteiger partial charge in [0.1, 0.15) is 21.5 Å². The number of nitrogens with two attached hydrogens (primary N) is 1. The van der Waals surface area contributed by atoms with E-state index in [0.717, 1.165) is 37.6 Å². The van der Waals surface area contributed by atoms with Crippen molar-refractivity contribution in [3.63, 3.8) is 0 Å². The molecule has 1 saturated heterocycles. The van der Waals surface area contributed by atoms with Crippen molar-refractivity contribution in [2.75, 3.05) is 43.4 Å². The third kappa shape index (κ3) is 2.86. The van der Waals surface area contributed by atoms with Gasteiger partial charge in [0.25, 0.3) is 0 Å². The van der Waals surface area contributed by atoms with E-state index in [1.165, 1.54) is 11.3 Å². The summed E-state index contributed by atoms with van der Waals surface area (Å²) in [5.74, 6) is -0.449. The molecule has 1 aliphatic heterocycles. The third-order valence-electron chi connectivity index (χ3n) is 3.13. The summed E-state index contributed by atoms with van der Waals surface area (Å²) in [6.45, 7) is 5.47. The molecule has 3 N–H and O–H groups in total. The second-order valence-corrected chi connectivity index (χ2v) is 5.45. The molecule has 2 rings (SSSR count). The van der Waals surface area contributed by atoms with Gasteiger partial charge in [0.2, 0.25) is 0 Å². The van der Waals surface area contributed by atoms with E-state index < -0.39 is 5.97 Å². The first-order chi connectivity index (χ1) is 9.69. The Morgan fingerprint density at radius 3 is 3.05 bits per heavy atom. The molecule has 0 unspecified atom stereocenters. The molecule has 0 aliphatic carbocycles. The quantitative estimate of drug-likeness (QED) is 0.813. The molecule has 2 heterocycles. The fourth-order valence-corrected chi connectivity index (χ4v) is 3.24. The number of nitrogen functional groups attached to an aromatic ring is 1. The van der Waals surface area contributed by atoms with Gasteiger partial charge in [-0.2, -0.15) is 5.26 Å². The van der Waals surface area contributed by atoms with Crippen molar-refractivity contribution in [2.24, 2.45) is 0 Å². The Morgan fingerprint density at radius 2 is 2.35 bits per heavy atom. The number of ether oxygens (including phenoxy) is 1. The molecular weight excluding hydrogens is 276 g/mol. The highest BCUT2D eigenvalue weighted by atomic mass is 32.1. The Bertz CT molecular complexity index is 527. The predicted molar refractivity (Wildman–Crippen MR) is 79.1 cm³/mol. The summed E-state index contributed by atoms with van der Waals surface area (Å²) in [4.78, 5) is 14.6. The van der Waals surface area contributed by atoms with E-state index in [1.807, 2.05) is 0 Å². The first-order valence-electron chi connectivity index (χ1n) is 6.64. The first-order valence-corrected chi connectivity index (χ1v) is 7.45. The Labute approximate surface area is 122 Å². The number of carbonyl (C=O) groups is 1. The fourth-order valence-electron chi connectivity index (χ4n) is 2.19. The minimum atomic E-state index is -0.449. The predicted octanol–water partition coefficient (Wildman–Crippen LogP) is 1.18.